The molecule has 47 heavy (non-hydrogen) atoms. The first kappa shape index (κ1) is 31.5. The predicted octanol–water partition coefficient (Wildman–Crippen LogP) is 9.34. The molecule has 1 aliphatic carbocycles. The van der Waals surface area contributed by atoms with Gasteiger partial charge in [0, 0.05) is 11.1 Å². The first-order chi connectivity index (χ1) is 23.0. The van der Waals surface area contributed by atoms with E-state index in [1.165, 1.54) is 0 Å². The molecule has 0 spiro atoms. The molecule has 0 heterocycles. The van der Waals surface area contributed by atoms with Gasteiger partial charge in [0.25, 0.3) is 0 Å². The van der Waals surface area contributed by atoms with E-state index < -0.39 is 9.84 Å². The van der Waals surface area contributed by atoms with Crippen molar-refractivity contribution in [3.63, 3.8) is 0 Å². The van der Waals surface area contributed by atoms with Gasteiger partial charge in [-0.2, -0.15) is 0 Å². The highest BCUT2D eigenvalue weighted by molar-refractivity contribution is 7.91. The van der Waals surface area contributed by atoms with Crippen LogP contribution in [0.15, 0.2) is 183 Å². The van der Waals surface area contributed by atoms with Crippen LogP contribution in [0.25, 0.3) is 0 Å². The van der Waals surface area contributed by atoms with Crippen molar-refractivity contribution < 1.29 is 17.9 Å². The van der Waals surface area contributed by atoms with Gasteiger partial charge in [-0.15, -0.1) is 0 Å². The van der Waals surface area contributed by atoms with E-state index in [2.05, 4.69) is 12.2 Å². The topological polar surface area (TPSA) is 77.3 Å². The standard InChI is InChI=1S/C40H34N2O4S/c43-47(44,37-25-13-23-35(27-37)41-39(33-19-9-3-10-20-33)45-29-31-15-5-1-6-16-31)38-26-14-24-36(28-38)42-40(34-21-11-4-12-22-34)46-30-32-17-7-2-8-18-32/h1-3,5-11,13-28H,4,12,29-30H2. The largest absolute Gasteiger partial charge is 0.472 e. The molecule has 234 valence electrons. The van der Waals surface area contributed by atoms with Crippen LogP contribution in [0.5, 0.6) is 0 Å². The predicted molar refractivity (Wildman–Crippen MR) is 187 cm³/mol. The van der Waals surface area contributed by atoms with Gasteiger partial charge in [0.15, 0.2) is 0 Å². The molecule has 0 saturated carbocycles. The average Bonchev–Trinajstić information content (AvgIpc) is 3.13. The van der Waals surface area contributed by atoms with Crippen molar-refractivity contribution >= 4 is 33.0 Å². The van der Waals surface area contributed by atoms with Crippen molar-refractivity contribution in [3.05, 3.63) is 180 Å². The quantitative estimate of drug-likeness (QED) is 0.113. The zero-order valence-corrected chi connectivity index (χ0v) is 26.6. The third kappa shape index (κ3) is 8.39. The summed E-state index contributed by atoms with van der Waals surface area (Å²) in [6.07, 6.45) is 8.01. The Morgan fingerprint density at radius 3 is 1.62 bits per heavy atom. The number of aliphatic imine (C=N–C) groups is 2. The fourth-order valence-corrected chi connectivity index (χ4v) is 6.32. The molecule has 0 atom stereocenters. The lowest BCUT2D eigenvalue weighted by Gasteiger charge is -2.13. The van der Waals surface area contributed by atoms with Crippen molar-refractivity contribution in [2.24, 2.45) is 9.98 Å². The Morgan fingerprint density at radius 1 is 0.574 bits per heavy atom. The van der Waals surface area contributed by atoms with Gasteiger partial charge >= 0.3 is 0 Å². The molecule has 0 aliphatic heterocycles. The SMILES string of the molecule is O=S(=O)(c1cccc(N=C(OCc2ccccc2)C2=CCCC=C2)c1)c1cccc(N=C(OCc2ccccc2)c2ccccc2)c1. The number of allylic oxidation sites excluding steroid dienone is 2. The third-order valence-electron chi connectivity index (χ3n) is 7.42. The highest BCUT2D eigenvalue weighted by Gasteiger charge is 2.19. The summed E-state index contributed by atoms with van der Waals surface area (Å²) in [7, 11) is -3.90. The lowest BCUT2D eigenvalue weighted by atomic mass is 10.1. The molecule has 1 aliphatic rings. The molecular weight excluding hydrogens is 605 g/mol. The Labute approximate surface area is 276 Å². The molecule has 0 amide bonds. The molecule has 0 bridgehead atoms. The minimum Gasteiger partial charge on any atom is -0.472 e. The second-order valence-electron chi connectivity index (χ2n) is 10.9. The molecular formula is C40H34N2O4S. The number of hydrogen-bond donors (Lipinski definition) is 0. The zero-order chi connectivity index (χ0) is 32.3. The van der Waals surface area contributed by atoms with Gasteiger partial charge in [0.2, 0.25) is 21.6 Å². The van der Waals surface area contributed by atoms with E-state index in [9.17, 15) is 8.42 Å². The molecule has 0 aromatic heterocycles. The highest BCUT2D eigenvalue weighted by Crippen LogP contribution is 2.28. The summed E-state index contributed by atoms with van der Waals surface area (Å²) in [6.45, 7) is 0.666. The Bertz CT molecular complexity index is 2040. The number of benzene rings is 5. The Kier molecular flexibility index (Phi) is 10.2. The van der Waals surface area contributed by atoms with E-state index in [-0.39, 0.29) is 9.79 Å². The summed E-state index contributed by atoms with van der Waals surface area (Å²) >= 11 is 0. The molecule has 7 heteroatoms. The van der Waals surface area contributed by atoms with Gasteiger partial charge in [0.05, 0.1) is 21.2 Å². The van der Waals surface area contributed by atoms with Crippen LogP contribution in [0.4, 0.5) is 11.4 Å². The Balaban J connectivity index is 1.28. The van der Waals surface area contributed by atoms with Crippen molar-refractivity contribution in [1.29, 1.82) is 0 Å². The van der Waals surface area contributed by atoms with Crippen LogP contribution in [-0.4, -0.2) is 20.2 Å². The Morgan fingerprint density at radius 2 is 1.09 bits per heavy atom. The van der Waals surface area contributed by atoms with Crippen LogP contribution in [0, 0.1) is 0 Å². The highest BCUT2D eigenvalue weighted by atomic mass is 32.2. The molecule has 0 radical (unpaired) electrons. The smallest absolute Gasteiger partial charge is 0.221 e. The number of ether oxygens (including phenoxy) is 2. The average molecular weight is 639 g/mol. The lowest BCUT2D eigenvalue weighted by Crippen LogP contribution is -2.09. The monoisotopic (exact) mass is 638 g/mol. The molecule has 0 fully saturated rings. The van der Waals surface area contributed by atoms with E-state index in [4.69, 9.17) is 19.5 Å². The molecule has 0 saturated heterocycles. The molecule has 6 nitrogen and oxygen atoms in total. The van der Waals surface area contributed by atoms with Gasteiger partial charge in [-0.25, -0.2) is 18.4 Å². The maximum atomic E-state index is 13.9. The van der Waals surface area contributed by atoms with E-state index in [1.54, 1.807) is 48.5 Å². The number of rotatable bonds is 10. The van der Waals surface area contributed by atoms with E-state index in [0.29, 0.717) is 36.4 Å². The van der Waals surface area contributed by atoms with Crippen molar-refractivity contribution in [2.75, 3.05) is 0 Å². The van der Waals surface area contributed by atoms with Crippen LogP contribution in [0.3, 0.4) is 0 Å². The lowest BCUT2D eigenvalue weighted by molar-refractivity contribution is 0.293. The molecule has 5 aromatic rings. The fourth-order valence-electron chi connectivity index (χ4n) is 4.98. The van der Waals surface area contributed by atoms with Crippen LogP contribution < -0.4 is 0 Å². The van der Waals surface area contributed by atoms with E-state index in [0.717, 1.165) is 35.1 Å². The normalized spacial score (nSPS) is 13.6. The Hall–Kier alpha value is -5.53. The van der Waals surface area contributed by atoms with Gasteiger partial charge in [0.1, 0.15) is 13.2 Å². The van der Waals surface area contributed by atoms with Crippen LogP contribution in [0.2, 0.25) is 0 Å². The number of sulfone groups is 1. The van der Waals surface area contributed by atoms with E-state index >= 15 is 0 Å². The molecule has 0 N–H and O–H groups in total. The van der Waals surface area contributed by atoms with Gasteiger partial charge in [-0.05, 0) is 72.5 Å². The van der Waals surface area contributed by atoms with Crippen molar-refractivity contribution in [1.82, 2.24) is 0 Å². The summed E-state index contributed by atoms with van der Waals surface area (Å²) in [6, 6.07) is 42.4. The summed E-state index contributed by atoms with van der Waals surface area (Å²) < 4.78 is 40.2. The molecule has 5 aromatic carbocycles. The number of nitrogens with zero attached hydrogens (tertiary/aromatic N) is 2. The van der Waals surface area contributed by atoms with Crippen molar-refractivity contribution in [3.8, 4) is 0 Å². The van der Waals surface area contributed by atoms with Crippen LogP contribution in [-0.2, 0) is 32.5 Å². The summed E-state index contributed by atoms with van der Waals surface area (Å²) in [5.41, 5.74) is 4.61. The summed E-state index contributed by atoms with van der Waals surface area (Å²) in [4.78, 5) is 9.76. The van der Waals surface area contributed by atoms with Gasteiger partial charge in [-0.3, -0.25) is 0 Å². The second kappa shape index (κ2) is 15.2. The van der Waals surface area contributed by atoms with E-state index in [1.807, 2.05) is 97.1 Å². The maximum Gasteiger partial charge on any atom is 0.221 e. The minimum atomic E-state index is -3.90. The zero-order valence-electron chi connectivity index (χ0n) is 25.8. The number of hydrogen-bond acceptors (Lipinski definition) is 6. The first-order valence-corrected chi connectivity index (χ1v) is 16.9. The maximum absolute atomic E-state index is 13.9. The van der Waals surface area contributed by atoms with Gasteiger partial charge < -0.3 is 9.47 Å². The first-order valence-electron chi connectivity index (χ1n) is 15.4. The third-order valence-corrected chi connectivity index (χ3v) is 9.17. The van der Waals surface area contributed by atoms with Crippen LogP contribution in [0.1, 0.15) is 29.5 Å². The molecule has 6 rings (SSSR count). The minimum absolute atomic E-state index is 0.119. The van der Waals surface area contributed by atoms with Crippen LogP contribution >= 0.6 is 0 Å². The fraction of sp³-hybridized carbons (Fsp3) is 0.100. The summed E-state index contributed by atoms with van der Waals surface area (Å²) in [5.74, 6) is 0.842. The van der Waals surface area contributed by atoms with Crippen molar-refractivity contribution in [2.45, 2.75) is 35.8 Å². The molecule has 0 unspecified atom stereocenters. The summed E-state index contributed by atoms with van der Waals surface area (Å²) in [5, 5.41) is 0. The second-order valence-corrected chi connectivity index (χ2v) is 12.8. The van der Waals surface area contributed by atoms with Gasteiger partial charge in [-0.1, -0.05) is 109 Å².